The number of carbonyl (C=O) groups is 1. The van der Waals surface area contributed by atoms with E-state index < -0.39 is 0 Å². The smallest absolute Gasteiger partial charge is 0.264 e. The molecular formula is C13H15ClN2O2S. The molecule has 0 radical (unpaired) electrons. The summed E-state index contributed by atoms with van der Waals surface area (Å²) in [5, 5.41) is 3.62. The van der Waals surface area contributed by atoms with Crippen LogP contribution in [-0.4, -0.2) is 35.6 Å². The van der Waals surface area contributed by atoms with E-state index in [0.717, 1.165) is 25.9 Å². The lowest BCUT2D eigenvalue weighted by Gasteiger charge is -2.18. The summed E-state index contributed by atoms with van der Waals surface area (Å²) in [5.41, 5.74) is 0. The minimum Gasteiger partial charge on any atom is -0.482 e. The van der Waals surface area contributed by atoms with Gasteiger partial charge in [-0.3, -0.25) is 4.79 Å². The summed E-state index contributed by atoms with van der Waals surface area (Å²) >= 11 is 11.1. The Morgan fingerprint density at radius 1 is 1.37 bits per heavy atom. The molecule has 1 fully saturated rings. The molecule has 0 unspecified atom stereocenters. The number of ether oxygens (including phenoxy) is 1. The van der Waals surface area contributed by atoms with Crippen LogP contribution in [0.15, 0.2) is 24.3 Å². The molecule has 1 heterocycles. The quantitative estimate of drug-likeness (QED) is 0.869. The zero-order chi connectivity index (χ0) is 13.7. The Labute approximate surface area is 122 Å². The monoisotopic (exact) mass is 298 g/mol. The fourth-order valence-corrected chi connectivity index (χ4v) is 2.35. The van der Waals surface area contributed by atoms with Crippen LogP contribution in [0.25, 0.3) is 0 Å². The van der Waals surface area contributed by atoms with Crippen LogP contribution in [0.2, 0.25) is 5.02 Å². The van der Waals surface area contributed by atoms with Crippen molar-refractivity contribution in [3.63, 3.8) is 0 Å². The van der Waals surface area contributed by atoms with Gasteiger partial charge in [-0.1, -0.05) is 23.7 Å². The van der Waals surface area contributed by atoms with E-state index in [9.17, 15) is 4.79 Å². The van der Waals surface area contributed by atoms with Crippen molar-refractivity contribution in [3.05, 3.63) is 29.3 Å². The molecule has 1 aromatic rings. The van der Waals surface area contributed by atoms with Gasteiger partial charge < -0.3 is 15.0 Å². The predicted molar refractivity (Wildman–Crippen MR) is 78.5 cm³/mol. The number of nitrogens with zero attached hydrogens (tertiary/aromatic N) is 1. The van der Waals surface area contributed by atoms with Crippen molar-refractivity contribution in [3.8, 4) is 5.75 Å². The van der Waals surface area contributed by atoms with E-state index in [2.05, 4.69) is 5.32 Å². The summed E-state index contributed by atoms with van der Waals surface area (Å²) < 4.78 is 5.34. The van der Waals surface area contributed by atoms with Crippen LogP contribution in [0.1, 0.15) is 12.8 Å². The van der Waals surface area contributed by atoms with Gasteiger partial charge in [0, 0.05) is 13.1 Å². The Kier molecular flexibility index (Phi) is 4.99. The number of likely N-dealkylation sites (tertiary alicyclic amines) is 1. The number of nitrogens with one attached hydrogen (secondary N) is 1. The Morgan fingerprint density at radius 2 is 2.05 bits per heavy atom. The fourth-order valence-electron chi connectivity index (χ4n) is 1.86. The maximum atomic E-state index is 11.7. The summed E-state index contributed by atoms with van der Waals surface area (Å²) in [5.74, 6) is 0.225. The van der Waals surface area contributed by atoms with Crippen LogP contribution < -0.4 is 10.1 Å². The molecule has 0 saturated carbocycles. The number of benzene rings is 1. The number of carbonyl (C=O) groups excluding carboxylic acids is 1. The van der Waals surface area contributed by atoms with E-state index in [0.29, 0.717) is 15.9 Å². The van der Waals surface area contributed by atoms with Crippen LogP contribution in [0.5, 0.6) is 5.75 Å². The second-order valence-electron chi connectivity index (χ2n) is 4.27. The summed E-state index contributed by atoms with van der Waals surface area (Å²) in [4.78, 5) is 13.7. The summed E-state index contributed by atoms with van der Waals surface area (Å²) in [7, 11) is 0. The molecule has 1 saturated heterocycles. The first-order chi connectivity index (χ1) is 9.16. The molecule has 0 aliphatic carbocycles. The van der Waals surface area contributed by atoms with Crippen molar-refractivity contribution in [1.29, 1.82) is 0 Å². The number of halogens is 1. The average molecular weight is 299 g/mol. The topological polar surface area (TPSA) is 41.6 Å². The number of hydrogen-bond donors (Lipinski definition) is 1. The second kappa shape index (κ2) is 6.73. The minimum atomic E-state index is -0.267. The predicted octanol–water partition coefficient (Wildman–Crippen LogP) is 2.22. The molecule has 19 heavy (non-hydrogen) atoms. The Balaban J connectivity index is 1.78. The van der Waals surface area contributed by atoms with E-state index >= 15 is 0 Å². The van der Waals surface area contributed by atoms with Gasteiger partial charge in [0.2, 0.25) is 0 Å². The van der Waals surface area contributed by atoms with Crippen LogP contribution in [0, 0.1) is 0 Å². The van der Waals surface area contributed by atoms with Crippen molar-refractivity contribution < 1.29 is 9.53 Å². The van der Waals surface area contributed by atoms with E-state index in [-0.39, 0.29) is 12.5 Å². The number of rotatable bonds is 3. The third-order valence-corrected chi connectivity index (χ3v) is 3.51. The molecule has 4 nitrogen and oxygen atoms in total. The number of hydrogen-bond acceptors (Lipinski definition) is 3. The lowest BCUT2D eigenvalue weighted by Crippen LogP contribution is -2.42. The first-order valence-corrected chi connectivity index (χ1v) is 6.91. The van der Waals surface area contributed by atoms with Crippen LogP contribution in [-0.2, 0) is 4.79 Å². The minimum absolute atomic E-state index is 0.0995. The van der Waals surface area contributed by atoms with Gasteiger partial charge in [-0.15, -0.1) is 0 Å². The van der Waals surface area contributed by atoms with E-state index in [1.165, 1.54) is 0 Å². The molecule has 0 aromatic heterocycles. The lowest BCUT2D eigenvalue weighted by atomic mass is 10.3. The molecule has 0 bridgehead atoms. The van der Waals surface area contributed by atoms with Gasteiger partial charge in [0.25, 0.3) is 5.91 Å². The molecule has 1 aliphatic rings. The van der Waals surface area contributed by atoms with E-state index in [1.807, 2.05) is 4.90 Å². The highest BCUT2D eigenvalue weighted by Gasteiger charge is 2.16. The second-order valence-corrected chi connectivity index (χ2v) is 5.06. The molecule has 1 aromatic carbocycles. The molecule has 0 spiro atoms. The van der Waals surface area contributed by atoms with Gasteiger partial charge in [-0.25, -0.2) is 0 Å². The third-order valence-electron chi connectivity index (χ3n) is 2.84. The van der Waals surface area contributed by atoms with Gasteiger partial charge in [-0.2, -0.15) is 0 Å². The summed E-state index contributed by atoms with van der Waals surface area (Å²) in [6.45, 7) is 1.71. The molecule has 1 N–H and O–H groups in total. The molecule has 2 rings (SSSR count). The Bertz CT molecular complexity index is 475. The van der Waals surface area contributed by atoms with Gasteiger partial charge in [-0.05, 0) is 37.2 Å². The van der Waals surface area contributed by atoms with Crippen LogP contribution in [0.4, 0.5) is 0 Å². The van der Waals surface area contributed by atoms with Crippen LogP contribution >= 0.6 is 23.8 Å². The van der Waals surface area contributed by atoms with Gasteiger partial charge in [0.05, 0.1) is 5.02 Å². The number of thiocarbonyl (C=S) groups is 1. The maximum absolute atomic E-state index is 11.7. The summed E-state index contributed by atoms with van der Waals surface area (Å²) in [6, 6.07) is 7.03. The van der Waals surface area contributed by atoms with Crippen molar-refractivity contribution in [2.75, 3.05) is 19.7 Å². The van der Waals surface area contributed by atoms with Crippen molar-refractivity contribution in [2.24, 2.45) is 0 Å². The van der Waals surface area contributed by atoms with Gasteiger partial charge in [0.1, 0.15) is 5.75 Å². The Hall–Kier alpha value is -1.33. The van der Waals surface area contributed by atoms with E-state index in [4.69, 9.17) is 28.6 Å². The molecule has 6 heteroatoms. The number of para-hydroxylation sites is 1. The zero-order valence-electron chi connectivity index (χ0n) is 10.4. The highest BCUT2D eigenvalue weighted by molar-refractivity contribution is 7.80. The normalized spacial score (nSPS) is 14.3. The fraction of sp³-hybridized carbons (Fsp3) is 0.385. The first kappa shape index (κ1) is 14.1. The maximum Gasteiger partial charge on any atom is 0.264 e. The SMILES string of the molecule is O=C(COc1ccccc1Cl)NC(=S)N1CCCC1. The van der Waals surface area contributed by atoms with Crippen LogP contribution in [0.3, 0.4) is 0 Å². The molecule has 0 atom stereocenters. The van der Waals surface area contributed by atoms with Crippen molar-refractivity contribution in [2.45, 2.75) is 12.8 Å². The first-order valence-electron chi connectivity index (χ1n) is 6.13. The highest BCUT2D eigenvalue weighted by Crippen LogP contribution is 2.22. The molecule has 1 aliphatic heterocycles. The standard InChI is InChI=1S/C13H15ClN2O2S/c14-10-5-1-2-6-11(10)18-9-12(17)15-13(19)16-7-3-4-8-16/h1-2,5-6H,3-4,7-9H2,(H,15,17,19). The van der Waals surface area contributed by atoms with Gasteiger partial charge >= 0.3 is 0 Å². The summed E-state index contributed by atoms with van der Waals surface area (Å²) in [6.07, 6.45) is 2.23. The van der Waals surface area contributed by atoms with E-state index in [1.54, 1.807) is 24.3 Å². The average Bonchev–Trinajstić information content (AvgIpc) is 2.91. The molecule has 102 valence electrons. The third kappa shape index (κ3) is 4.08. The largest absolute Gasteiger partial charge is 0.482 e. The van der Waals surface area contributed by atoms with Gasteiger partial charge in [0.15, 0.2) is 11.7 Å². The lowest BCUT2D eigenvalue weighted by molar-refractivity contribution is -0.121. The zero-order valence-corrected chi connectivity index (χ0v) is 12.0. The number of amides is 1. The molecular weight excluding hydrogens is 284 g/mol. The van der Waals surface area contributed by atoms with Crippen molar-refractivity contribution >= 4 is 34.8 Å². The molecule has 1 amide bonds. The Morgan fingerprint density at radius 3 is 2.74 bits per heavy atom. The highest BCUT2D eigenvalue weighted by atomic mass is 35.5. The van der Waals surface area contributed by atoms with Crippen molar-refractivity contribution in [1.82, 2.24) is 10.2 Å².